The van der Waals surface area contributed by atoms with Gasteiger partial charge in [0.25, 0.3) is 0 Å². The molecule has 0 aromatic heterocycles. The third-order valence-corrected chi connectivity index (χ3v) is 1.91. The molecule has 0 aliphatic heterocycles. The number of halogens is 3. The van der Waals surface area contributed by atoms with E-state index in [1.165, 1.54) is 12.1 Å². The first-order valence-corrected chi connectivity index (χ1v) is 5.25. The van der Waals surface area contributed by atoms with E-state index in [2.05, 4.69) is 30.8 Å². The molecule has 0 aliphatic rings. The van der Waals surface area contributed by atoms with Crippen LogP contribution in [0.1, 0.15) is 20.8 Å². The lowest BCUT2D eigenvalue weighted by molar-refractivity contribution is -0.274. The second-order valence-corrected chi connectivity index (χ2v) is 4.99. The summed E-state index contributed by atoms with van der Waals surface area (Å²) in [5.74, 6) is -0.209. The maximum absolute atomic E-state index is 11.9. The molecule has 0 amide bonds. The molecule has 0 bridgehead atoms. The van der Waals surface area contributed by atoms with E-state index < -0.39 is 6.36 Å². The van der Waals surface area contributed by atoms with E-state index in [1.807, 2.05) is 0 Å². The van der Waals surface area contributed by atoms with Gasteiger partial charge in [-0.05, 0) is 29.7 Å². The largest absolute Gasteiger partial charge is 0.573 e. The van der Waals surface area contributed by atoms with Crippen LogP contribution in [0.2, 0.25) is 0 Å². The fourth-order valence-corrected chi connectivity index (χ4v) is 1.14. The summed E-state index contributed by atoms with van der Waals surface area (Å²) in [5.41, 5.74) is 0.885. The van der Waals surface area contributed by atoms with Crippen molar-refractivity contribution in [2.45, 2.75) is 27.1 Å². The molecule has 1 aromatic rings. The van der Waals surface area contributed by atoms with E-state index >= 15 is 0 Å². The molecule has 17 heavy (non-hydrogen) atoms. The normalized spacial score (nSPS) is 12.4. The number of hydrogen-bond donors (Lipinski definition) is 1. The first-order valence-electron chi connectivity index (χ1n) is 5.25. The molecular weight excluding hydrogens is 231 g/mol. The molecule has 0 saturated heterocycles. The molecule has 2 nitrogen and oxygen atoms in total. The van der Waals surface area contributed by atoms with E-state index in [1.54, 1.807) is 12.1 Å². The average Bonchev–Trinajstić information content (AvgIpc) is 2.13. The van der Waals surface area contributed by atoms with Gasteiger partial charge in [0, 0.05) is 12.2 Å². The van der Waals surface area contributed by atoms with Crippen LogP contribution in [-0.4, -0.2) is 12.9 Å². The number of anilines is 1. The Bertz CT molecular complexity index is 351. The van der Waals surface area contributed by atoms with Gasteiger partial charge < -0.3 is 10.1 Å². The van der Waals surface area contributed by atoms with Crippen LogP contribution in [0, 0.1) is 5.41 Å². The van der Waals surface area contributed by atoms with E-state index in [-0.39, 0.29) is 11.2 Å². The molecule has 0 heterocycles. The molecule has 5 heteroatoms. The van der Waals surface area contributed by atoms with Crippen molar-refractivity contribution >= 4 is 5.69 Å². The Hall–Kier alpha value is -1.39. The monoisotopic (exact) mass is 247 g/mol. The highest BCUT2D eigenvalue weighted by Gasteiger charge is 2.30. The van der Waals surface area contributed by atoms with Gasteiger partial charge in [-0.1, -0.05) is 20.8 Å². The van der Waals surface area contributed by atoms with Crippen LogP contribution in [0.3, 0.4) is 0 Å². The zero-order valence-electron chi connectivity index (χ0n) is 10.1. The van der Waals surface area contributed by atoms with Gasteiger partial charge in [-0.3, -0.25) is 0 Å². The highest BCUT2D eigenvalue weighted by atomic mass is 19.4. The molecule has 0 saturated carbocycles. The second kappa shape index (κ2) is 4.85. The summed E-state index contributed by atoms with van der Waals surface area (Å²) in [5, 5.41) is 3.14. The minimum atomic E-state index is -4.64. The van der Waals surface area contributed by atoms with E-state index in [0.717, 1.165) is 12.2 Å². The van der Waals surface area contributed by atoms with Gasteiger partial charge in [-0.25, -0.2) is 0 Å². The molecule has 0 spiro atoms. The van der Waals surface area contributed by atoms with E-state index in [4.69, 9.17) is 0 Å². The quantitative estimate of drug-likeness (QED) is 0.870. The molecule has 0 fully saturated rings. The Balaban J connectivity index is 2.56. The molecule has 0 aliphatic carbocycles. The van der Waals surface area contributed by atoms with Crippen LogP contribution in [-0.2, 0) is 0 Å². The first kappa shape index (κ1) is 13.7. The Labute approximate surface area is 98.8 Å². The minimum Gasteiger partial charge on any atom is -0.406 e. The van der Waals surface area contributed by atoms with Gasteiger partial charge in [-0.15, -0.1) is 13.2 Å². The van der Waals surface area contributed by atoms with Gasteiger partial charge in [0.1, 0.15) is 5.75 Å². The SMILES string of the molecule is CC(C)(C)CNc1ccc(OC(F)(F)F)cc1. The summed E-state index contributed by atoms with van der Waals surface area (Å²) in [6.45, 7) is 6.95. The molecule has 0 atom stereocenters. The van der Waals surface area contributed by atoms with Crippen molar-refractivity contribution in [3.05, 3.63) is 24.3 Å². The summed E-state index contributed by atoms with van der Waals surface area (Å²) in [6.07, 6.45) is -4.64. The van der Waals surface area contributed by atoms with Gasteiger partial charge in [0.2, 0.25) is 0 Å². The number of nitrogens with one attached hydrogen (secondary N) is 1. The predicted octanol–water partition coefficient (Wildman–Crippen LogP) is 4.04. The lowest BCUT2D eigenvalue weighted by atomic mass is 9.97. The molecule has 96 valence electrons. The fraction of sp³-hybridized carbons (Fsp3) is 0.500. The van der Waals surface area contributed by atoms with Crippen LogP contribution >= 0.6 is 0 Å². The van der Waals surface area contributed by atoms with Crippen molar-refractivity contribution in [2.24, 2.45) is 5.41 Å². The Kier molecular flexibility index (Phi) is 3.91. The number of hydrogen-bond acceptors (Lipinski definition) is 2. The maximum atomic E-state index is 11.9. The predicted molar refractivity (Wildman–Crippen MR) is 61.1 cm³/mol. The summed E-state index contributed by atoms with van der Waals surface area (Å²) >= 11 is 0. The molecule has 1 aromatic carbocycles. The third kappa shape index (κ3) is 6.04. The standard InChI is InChI=1S/C12H16F3NO/c1-11(2,3)8-16-9-4-6-10(7-5-9)17-12(13,14)15/h4-7,16H,8H2,1-3H3. The van der Waals surface area contributed by atoms with Crippen molar-refractivity contribution in [2.75, 3.05) is 11.9 Å². The Morgan fingerprint density at radius 1 is 1.06 bits per heavy atom. The van der Waals surface area contributed by atoms with Crippen LogP contribution in [0.5, 0.6) is 5.75 Å². The highest BCUT2D eigenvalue weighted by Crippen LogP contribution is 2.24. The van der Waals surface area contributed by atoms with E-state index in [9.17, 15) is 13.2 Å². The zero-order chi connectivity index (χ0) is 13.1. The lowest BCUT2D eigenvalue weighted by Crippen LogP contribution is -2.19. The number of benzene rings is 1. The second-order valence-electron chi connectivity index (χ2n) is 4.99. The fourth-order valence-electron chi connectivity index (χ4n) is 1.14. The summed E-state index contributed by atoms with van der Waals surface area (Å²) < 4.78 is 39.5. The van der Waals surface area contributed by atoms with Crippen molar-refractivity contribution in [3.63, 3.8) is 0 Å². The molecule has 0 radical (unpaired) electrons. The molecular formula is C12H16F3NO. The summed E-state index contributed by atoms with van der Waals surface area (Å²) in [6, 6.07) is 5.70. The van der Waals surface area contributed by atoms with Gasteiger partial charge in [0.05, 0.1) is 0 Å². The molecule has 1 rings (SSSR count). The average molecular weight is 247 g/mol. The zero-order valence-corrected chi connectivity index (χ0v) is 10.1. The number of rotatable bonds is 3. The number of ether oxygens (including phenoxy) is 1. The highest BCUT2D eigenvalue weighted by molar-refractivity contribution is 5.46. The van der Waals surface area contributed by atoms with Gasteiger partial charge in [-0.2, -0.15) is 0 Å². The van der Waals surface area contributed by atoms with Crippen molar-refractivity contribution in [1.29, 1.82) is 0 Å². The third-order valence-electron chi connectivity index (χ3n) is 1.91. The van der Waals surface area contributed by atoms with Crippen molar-refractivity contribution in [1.82, 2.24) is 0 Å². The van der Waals surface area contributed by atoms with Gasteiger partial charge in [0.15, 0.2) is 0 Å². The number of alkyl halides is 3. The van der Waals surface area contributed by atoms with Crippen molar-refractivity contribution in [3.8, 4) is 5.75 Å². The van der Waals surface area contributed by atoms with Crippen LogP contribution in [0.15, 0.2) is 24.3 Å². The van der Waals surface area contributed by atoms with Crippen molar-refractivity contribution < 1.29 is 17.9 Å². The van der Waals surface area contributed by atoms with E-state index in [0.29, 0.717) is 0 Å². The smallest absolute Gasteiger partial charge is 0.406 e. The summed E-state index contributed by atoms with van der Waals surface area (Å²) in [7, 11) is 0. The van der Waals surface area contributed by atoms with Gasteiger partial charge >= 0.3 is 6.36 Å². The lowest BCUT2D eigenvalue weighted by Gasteiger charge is -2.19. The topological polar surface area (TPSA) is 21.3 Å². The van der Waals surface area contributed by atoms with Crippen LogP contribution in [0.4, 0.5) is 18.9 Å². The minimum absolute atomic E-state index is 0.112. The molecule has 0 unspecified atom stereocenters. The molecule has 1 N–H and O–H groups in total. The van der Waals surface area contributed by atoms with Crippen LogP contribution < -0.4 is 10.1 Å². The Morgan fingerprint density at radius 3 is 2.00 bits per heavy atom. The Morgan fingerprint density at radius 2 is 1.59 bits per heavy atom. The van der Waals surface area contributed by atoms with Crippen LogP contribution in [0.25, 0.3) is 0 Å². The summed E-state index contributed by atoms with van der Waals surface area (Å²) in [4.78, 5) is 0. The maximum Gasteiger partial charge on any atom is 0.573 e. The first-order chi connectivity index (χ1) is 7.66.